The topological polar surface area (TPSA) is 132 Å². The quantitative estimate of drug-likeness (QED) is 0.397. The number of thiazole rings is 1. The minimum absolute atomic E-state index is 0.00383. The number of nitrogen functional groups attached to an aromatic ring is 1. The second kappa shape index (κ2) is 8.64. The third-order valence-corrected chi connectivity index (χ3v) is 6.86. The van der Waals surface area contributed by atoms with Gasteiger partial charge in [-0.25, -0.2) is 22.5 Å². The molecule has 13 heteroatoms. The lowest BCUT2D eigenvalue weighted by Gasteiger charge is -2.45. The largest absolute Gasteiger partial charge is 0.389 e. The van der Waals surface area contributed by atoms with Crippen LogP contribution in [0.25, 0.3) is 10.6 Å². The fraction of sp³-hybridized carbons (Fsp3) is 0.381. The van der Waals surface area contributed by atoms with Gasteiger partial charge < -0.3 is 21.5 Å². The number of hydrogen-bond acceptors (Lipinski definition) is 7. The molecule has 34 heavy (non-hydrogen) atoms. The van der Waals surface area contributed by atoms with E-state index < -0.39 is 53.2 Å². The van der Waals surface area contributed by atoms with Crippen molar-refractivity contribution in [1.29, 1.82) is 0 Å². The summed E-state index contributed by atoms with van der Waals surface area (Å²) in [5, 5.41) is 8.94. The van der Waals surface area contributed by atoms with Gasteiger partial charge in [-0.15, -0.1) is 0 Å². The van der Waals surface area contributed by atoms with Crippen molar-refractivity contribution in [2.75, 3.05) is 11.1 Å². The van der Waals surface area contributed by atoms with Gasteiger partial charge in [0, 0.05) is 12.8 Å². The van der Waals surface area contributed by atoms with Crippen LogP contribution in [-0.4, -0.2) is 44.8 Å². The third-order valence-electron chi connectivity index (χ3n) is 5.96. The molecule has 1 saturated heterocycles. The smallest absolute Gasteiger partial charge is 0.277 e. The minimum atomic E-state index is -3.16. The van der Waals surface area contributed by atoms with E-state index in [2.05, 4.69) is 20.5 Å². The summed E-state index contributed by atoms with van der Waals surface area (Å²) in [5.74, 6) is -5.60. The summed E-state index contributed by atoms with van der Waals surface area (Å²) >= 11 is 0.756. The van der Waals surface area contributed by atoms with Crippen LogP contribution in [0.4, 0.5) is 28.3 Å². The number of aromatic amines is 1. The molecule has 0 spiro atoms. The summed E-state index contributed by atoms with van der Waals surface area (Å²) in [6, 6.07) is 3.34. The molecule has 4 rings (SSSR count). The van der Waals surface area contributed by atoms with Gasteiger partial charge in [-0.1, -0.05) is 17.4 Å². The highest BCUT2D eigenvalue weighted by Crippen LogP contribution is 2.41. The van der Waals surface area contributed by atoms with E-state index in [-0.39, 0.29) is 27.8 Å². The molecular weight excluding hydrogens is 476 g/mol. The number of benzene rings is 1. The Kier molecular flexibility index (Phi) is 6.12. The fourth-order valence-corrected chi connectivity index (χ4v) is 4.57. The predicted octanol–water partition coefficient (Wildman–Crippen LogP) is 3.72. The Labute approximate surface area is 195 Å². The van der Waals surface area contributed by atoms with Crippen molar-refractivity contribution in [2.24, 2.45) is 5.73 Å². The number of H-pyrrole nitrogens is 1. The Bertz CT molecular complexity index is 1210. The van der Waals surface area contributed by atoms with E-state index in [4.69, 9.17) is 16.2 Å². The number of nitrogens with zero attached hydrogens (tertiary/aromatic N) is 2. The summed E-state index contributed by atoms with van der Waals surface area (Å²) in [6.45, 7) is 2.73. The van der Waals surface area contributed by atoms with Gasteiger partial charge >= 0.3 is 0 Å². The lowest BCUT2D eigenvalue weighted by atomic mass is 9.82. The molecular formula is C21H22F4N6O2S. The number of carbonyl (C=O) groups excluding carboxylic acids is 1. The van der Waals surface area contributed by atoms with Crippen molar-refractivity contribution in [1.82, 2.24) is 15.2 Å². The minimum Gasteiger partial charge on any atom is -0.389 e. The standard InChI is InChI=1S/C21H22F4N6O2S/c1-9-20(2,27)21(24,25)7-10(33-9)6-13-14(8-28-31-13)29-18(32)16-17(26)34-19(30-16)15-11(22)4-3-5-12(15)23/h3-5,8-10H,6-7,26-27H2,1-2H3,(H,28,31)(H,29,32). The Balaban J connectivity index is 1.51. The maximum Gasteiger partial charge on any atom is 0.277 e. The average Bonchev–Trinajstić information content (AvgIpc) is 3.32. The maximum absolute atomic E-state index is 14.5. The normalized spacial score (nSPS) is 24.2. The van der Waals surface area contributed by atoms with Gasteiger partial charge in [0.25, 0.3) is 11.8 Å². The van der Waals surface area contributed by atoms with E-state index in [9.17, 15) is 22.4 Å². The van der Waals surface area contributed by atoms with Crippen LogP contribution < -0.4 is 16.8 Å². The number of carbonyl (C=O) groups is 1. The lowest BCUT2D eigenvalue weighted by molar-refractivity contribution is -0.208. The van der Waals surface area contributed by atoms with Gasteiger partial charge in [0.05, 0.1) is 35.3 Å². The summed E-state index contributed by atoms with van der Waals surface area (Å²) in [7, 11) is 0. The molecule has 182 valence electrons. The van der Waals surface area contributed by atoms with E-state index in [1.54, 1.807) is 0 Å². The molecule has 0 radical (unpaired) electrons. The van der Waals surface area contributed by atoms with Crippen LogP contribution >= 0.6 is 11.3 Å². The Hall–Kier alpha value is -3.03. The average molecular weight is 499 g/mol. The number of ether oxygens (including phenoxy) is 1. The Morgan fingerprint density at radius 1 is 1.35 bits per heavy atom. The van der Waals surface area contributed by atoms with Gasteiger partial charge in [0.2, 0.25) is 0 Å². The molecule has 2 aromatic heterocycles. The number of nitrogens with two attached hydrogens (primary N) is 2. The van der Waals surface area contributed by atoms with Crippen molar-refractivity contribution in [3.63, 3.8) is 0 Å². The molecule has 1 amide bonds. The van der Waals surface area contributed by atoms with Crippen LogP contribution in [0, 0.1) is 11.6 Å². The monoisotopic (exact) mass is 498 g/mol. The van der Waals surface area contributed by atoms with Gasteiger partial charge in [-0.3, -0.25) is 9.89 Å². The van der Waals surface area contributed by atoms with Gasteiger partial charge in [-0.05, 0) is 26.0 Å². The highest BCUT2D eigenvalue weighted by molar-refractivity contribution is 7.19. The zero-order valence-electron chi connectivity index (χ0n) is 18.2. The molecule has 1 aliphatic rings. The van der Waals surface area contributed by atoms with Gasteiger partial charge in [0.15, 0.2) is 5.69 Å². The molecule has 8 nitrogen and oxygen atoms in total. The summed E-state index contributed by atoms with van der Waals surface area (Å²) in [6.07, 6.45) is -1.09. The summed E-state index contributed by atoms with van der Waals surface area (Å²) in [5.41, 5.74) is 9.75. The molecule has 0 saturated carbocycles. The van der Waals surface area contributed by atoms with Crippen LogP contribution in [0.3, 0.4) is 0 Å². The van der Waals surface area contributed by atoms with Crippen molar-refractivity contribution < 1.29 is 27.1 Å². The molecule has 3 atom stereocenters. The Morgan fingerprint density at radius 2 is 2.03 bits per heavy atom. The summed E-state index contributed by atoms with van der Waals surface area (Å²) in [4.78, 5) is 16.8. The van der Waals surface area contributed by atoms with Crippen LogP contribution in [0.2, 0.25) is 0 Å². The highest BCUT2D eigenvalue weighted by atomic mass is 32.1. The second-order valence-electron chi connectivity index (χ2n) is 8.34. The Morgan fingerprint density at radius 3 is 2.68 bits per heavy atom. The number of hydrogen-bond donors (Lipinski definition) is 4. The zero-order chi connectivity index (χ0) is 24.8. The number of aromatic nitrogens is 3. The molecule has 6 N–H and O–H groups in total. The van der Waals surface area contributed by atoms with E-state index in [1.165, 1.54) is 26.1 Å². The molecule has 1 fully saturated rings. The SMILES string of the molecule is CC1OC(Cc2[nH]ncc2NC(=O)c2nc(-c3c(F)cccc3F)sc2N)CC(F)(F)C1(C)N. The maximum atomic E-state index is 14.5. The van der Waals surface area contributed by atoms with E-state index in [0.717, 1.165) is 23.5 Å². The van der Waals surface area contributed by atoms with Crippen molar-refractivity contribution >= 4 is 27.9 Å². The van der Waals surface area contributed by atoms with E-state index >= 15 is 0 Å². The number of alkyl halides is 2. The molecule has 1 aliphatic heterocycles. The van der Waals surface area contributed by atoms with Crippen LogP contribution in [0.5, 0.6) is 0 Å². The third kappa shape index (κ3) is 4.26. The second-order valence-corrected chi connectivity index (χ2v) is 9.37. The van der Waals surface area contributed by atoms with Crippen LogP contribution in [-0.2, 0) is 11.2 Å². The molecule has 1 aromatic carbocycles. The van der Waals surface area contributed by atoms with Crippen LogP contribution in [0.15, 0.2) is 24.4 Å². The number of halogens is 4. The lowest BCUT2D eigenvalue weighted by Crippen LogP contribution is -2.66. The molecule has 3 aromatic rings. The number of anilines is 2. The van der Waals surface area contributed by atoms with Crippen molar-refractivity contribution in [3.8, 4) is 10.6 Å². The highest BCUT2D eigenvalue weighted by Gasteiger charge is 2.56. The molecule has 0 aliphatic carbocycles. The van der Waals surface area contributed by atoms with Crippen molar-refractivity contribution in [2.45, 2.75) is 50.4 Å². The number of nitrogens with one attached hydrogen (secondary N) is 2. The number of amides is 1. The first-order valence-electron chi connectivity index (χ1n) is 10.3. The summed E-state index contributed by atoms with van der Waals surface area (Å²) < 4.78 is 62.9. The predicted molar refractivity (Wildman–Crippen MR) is 119 cm³/mol. The van der Waals surface area contributed by atoms with E-state index in [0.29, 0.717) is 5.69 Å². The van der Waals surface area contributed by atoms with E-state index in [1.807, 2.05) is 0 Å². The van der Waals surface area contributed by atoms with Gasteiger partial charge in [0.1, 0.15) is 27.2 Å². The molecule has 3 heterocycles. The van der Waals surface area contributed by atoms with Gasteiger partial charge in [-0.2, -0.15) is 5.10 Å². The first kappa shape index (κ1) is 24.1. The fourth-order valence-electron chi connectivity index (χ4n) is 3.69. The number of rotatable bonds is 5. The van der Waals surface area contributed by atoms with Crippen molar-refractivity contribution in [3.05, 3.63) is 47.4 Å². The zero-order valence-corrected chi connectivity index (χ0v) is 19.0. The molecule has 3 unspecified atom stereocenters. The first-order chi connectivity index (χ1) is 15.9. The van der Waals surface area contributed by atoms with Crippen LogP contribution in [0.1, 0.15) is 36.5 Å². The molecule has 0 bridgehead atoms. The first-order valence-corrected chi connectivity index (χ1v) is 11.1.